The van der Waals surface area contributed by atoms with Crippen LogP contribution in [0.2, 0.25) is 0 Å². The van der Waals surface area contributed by atoms with Crippen LogP contribution in [0.1, 0.15) is 5.56 Å². The molecule has 116 valence electrons. The van der Waals surface area contributed by atoms with E-state index in [1.54, 1.807) is 0 Å². The normalized spacial score (nSPS) is 19.9. The van der Waals surface area contributed by atoms with Crippen LogP contribution in [-0.2, 0) is 0 Å². The molecule has 12 N–H and O–H groups in total. The van der Waals surface area contributed by atoms with Crippen LogP contribution in [0.25, 0.3) is 16.8 Å². The van der Waals surface area contributed by atoms with E-state index in [2.05, 4.69) is 31.8 Å². The smallest absolute Gasteiger partial charge is 0.189 e. The zero-order valence-corrected chi connectivity index (χ0v) is 14.8. The third kappa shape index (κ3) is 1.90. The molecule has 2 unspecified atom stereocenters. The molecule has 1 heterocycles. The van der Waals surface area contributed by atoms with Crippen LogP contribution >= 0.6 is 31.8 Å². The average Bonchev–Trinajstić information content (AvgIpc) is 2.45. The van der Waals surface area contributed by atoms with Crippen molar-refractivity contribution in [3.63, 3.8) is 0 Å². The molecule has 0 aliphatic carbocycles. The van der Waals surface area contributed by atoms with Gasteiger partial charge in [0.2, 0.25) is 0 Å². The second kappa shape index (κ2) is 4.60. The van der Waals surface area contributed by atoms with E-state index in [-0.39, 0.29) is 22.7 Å². The zero-order valence-electron chi connectivity index (χ0n) is 11.5. The molecule has 0 spiro atoms. The quantitative estimate of drug-likeness (QED) is 0.122. The first-order chi connectivity index (χ1) is 10.2. The zero-order chi connectivity index (χ0) is 16.4. The van der Waals surface area contributed by atoms with E-state index >= 15 is 0 Å². The number of hydrogen-bond donors (Lipinski definition) is 6. The van der Waals surface area contributed by atoms with Crippen molar-refractivity contribution in [3.8, 4) is 5.75 Å². The van der Waals surface area contributed by atoms with Gasteiger partial charge in [0.1, 0.15) is 5.75 Å². The van der Waals surface area contributed by atoms with Crippen LogP contribution in [0.15, 0.2) is 6.08 Å². The molecule has 0 saturated heterocycles. The third-order valence-electron chi connectivity index (χ3n) is 3.72. The van der Waals surface area contributed by atoms with Gasteiger partial charge in [0.05, 0.1) is 39.5 Å². The Labute approximate surface area is 142 Å². The highest BCUT2D eigenvalue weighted by molar-refractivity contribution is 14.1. The molecule has 0 saturated carbocycles. The summed E-state index contributed by atoms with van der Waals surface area (Å²) < 4.78 is 5.37. The van der Waals surface area contributed by atoms with Gasteiger partial charge in [-0.25, -0.2) is 0 Å². The fraction of sp³-hybridized carbons (Fsp3) is 0.0769. The van der Waals surface area contributed by atoms with Crippen LogP contribution in [0.3, 0.4) is 0 Å². The number of ether oxygens (including phenoxy) is 1. The van der Waals surface area contributed by atoms with Crippen molar-refractivity contribution in [2.45, 2.75) is 3.35 Å². The summed E-state index contributed by atoms with van der Waals surface area (Å²) in [6.07, 6.45) is 3.69. The van der Waals surface area contributed by atoms with Crippen LogP contribution in [-0.4, -0.2) is 3.35 Å². The van der Waals surface area contributed by atoms with Gasteiger partial charge in [0, 0.05) is 10.9 Å². The maximum atomic E-state index is 6.15. The topological polar surface area (TPSA) is 165 Å². The number of hydrogen-bond acceptors (Lipinski definition) is 7. The lowest BCUT2D eigenvalue weighted by Crippen LogP contribution is -2.21. The van der Waals surface area contributed by atoms with Gasteiger partial charge in [0.25, 0.3) is 0 Å². The number of fused-ring (bicyclic) bond motifs is 3. The Morgan fingerprint density at radius 3 is 1.91 bits per heavy atom. The van der Waals surface area contributed by atoms with Crippen LogP contribution in [0.5, 0.6) is 5.75 Å². The first-order valence-corrected chi connectivity index (χ1v) is 7.93. The van der Waals surface area contributed by atoms with E-state index in [0.717, 1.165) is 0 Å². The summed E-state index contributed by atoms with van der Waals surface area (Å²) in [6, 6.07) is 0. The first-order valence-electron chi connectivity index (χ1n) is 6.28. The van der Waals surface area contributed by atoms with Crippen molar-refractivity contribution < 1.29 is 4.74 Å². The Morgan fingerprint density at radius 1 is 0.818 bits per heavy atom. The molecular formula is C13H16IN6OP. The molecular weight excluding hydrogens is 414 g/mol. The van der Waals surface area contributed by atoms with Gasteiger partial charge >= 0.3 is 0 Å². The molecule has 0 fully saturated rings. The van der Waals surface area contributed by atoms with Crippen molar-refractivity contribution in [3.05, 3.63) is 11.6 Å². The molecule has 0 amide bonds. The van der Waals surface area contributed by atoms with Crippen molar-refractivity contribution in [1.82, 2.24) is 0 Å². The number of benzene rings is 2. The largest absolute Gasteiger partial charge is 0.469 e. The summed E-state index contributed by atoms with van der Waals surface area (Å²) in [4.78, 5) is 0. The molecule has 9 heteroatoms. The van der Waals surface area contributed by atoms with Gasteiger partial charge in [-0.05, 0) is 34.7 Å². The van der Waals surface area contributed by atoms with Crippen molar-refractivity contribution in [2.24, 2.45) is 0 Å². The Morgan fingerprint density at radius 2 is 1.32 bits per heavy atom. The van der Waals surface area contributed by atoms with Gasteiger partial charge in [-0.15, -0.1) is 0 Å². The van der Waals surface area contributed by atoms with Gasteiger partial charge in [-0.3, -0.25) is 0 Å². The highest BCUT2D eigenvalue weighted by Crippen LogP contribution is 2.53. The van der Waals surface area contributed by atoms with Crippen LogP contribution < -0.4 is 39.1 Å². The molecule has 0 bridgehead atoms. The predicted octanol–water partition coefficient (Wildman–Crippen LogP) is 1.70. The Kier molecular flexibility index (Phi) is 3.16. The van der Waals surface area contributed by atoms with Gasteiger partial charge < -0.3 is 39.1 Å². The lowest BCUT2D eigenvalue weighted by Gasteiger charge is -2.29. The molecule has 0 aromatic heterocycles. The van der Waals surface area contributed by atoms with E-state index < -0.39 is 3.35 Å². The summed E-state index contributed by atoms with van der Waals surface area (Å²) in [5.74, 6) is 0.490. The standard InChI is InChI=1S/C13H16IN6OP/c14-13(22)2-1-3-6(15)7(16)4-5(12(3)21-13)9(18)11(20)10(19)8(4)17/h1-2H,15-20,22H2. The lowest BCUT2D eigenvalue weighted by atomic mass is 9.95. The third-order valence-corrected chi connectivity index (χ3v) is 4.61. The number of anilines is 6. The minimum absolute atomic E-state index is 0.189. The van der Waals surface area contributed by atoms with Gasteiger partial charge in [-0.2, -0.15) is 0 Å². The molecule has 22 heavy (non-hydrogen) atoms. The summed E-state index contributed by atoms with van der Waals surface area (Å²) in [5, 5.41) is 0.992. The minimum Gasteiger partial charge on any atom is -0.469 e. The molecule has 2 aromatic carbocycles. The van der Waals surface area contributed by atoms with Crippen LogP contribution in [0, 0.1) is 0 Å². The van der Waals surface area contributed by atoms with Gasteiger partial charge in [-0.1, -0.05) is 9.24 Å². The van der Waals surface area contributed by atoms with E-state index in [4.69, 9.17) is 39.1 Å². The Bertz CT molecular complexity index is 864. The van der Waals surface area contributed by atoms with E-state index in [1.165, 1.54) is 0 Å². The molecule has 7 nitrogen and oxygen atoms in total. The number of nitrogen functional groups attached to an aromatic ring is 6. The molecule has 1 aliphatic rings. The lowest BCUT2D eigenvalue weighted by molar-refractivity contribution is 0.318. The highest BCUT2D eigenvalue weighted by Gasteiger charge is 2.30. The average molecular weight is 430 g/mol. The predicted molar refractivity (Wildman–Crippen MR) is 107 cm³/mol. The summed E-state index contributed by atoms with van der Waals surface area (Å²) in [5.41, 5.74) is 38.6. The number of rotatable bonds is 0. The monoisotopic (exact) mass is 430 g/mol. The maximum Gasteiger partial charge on any atom is 0.189 e. The number of halogens is 1. The SMILES string of the molecule is Nc1c(N)c(N)c2c3c(c(N)c(N)c2c1N)C=CC(P)(I)O3. The molecule has 1 aliphatic heterocycles. The molecule has 2 aromatic rings. The maximum absolute atomic E-state index is 6.15. The van der Waals surface area contributed by atoms with E-state index in [1.807, 2.05) is 12.2 Å². The van der Waals surface area contributed by atoms with E-state index in [9.17, 15) is 0 Å². The Hall–Kier alpha value is -1.80. The minimum atomic E-state index is -0.627. The second-order valence-electron chi connectivity index (χ2n) is 5.11. The summed E-state index contributed by atoms with van der Waals surface area (Å²) >= 11 is 2.13. The highest BCUT2D eigenvalue weighted by atomic mass is 127. The summed E-state index contributed by atoms with van der Waals surface area (Å²) in [6.45, 7) is 0. The van der Waals surface area contributed by atoms with Crippen molar-refractivity contribution in [1.29, 1.82) is 0 Å². The fourth-order valence-electron chi connectivity index (χ4n) is 2.54. The first kappa shape index (κ1) is 15.1. The summed E-state index contributed by atoms with van der Waals surface area (Å²) in [7, 11) is 2.59. The Balaban J connectivity index is 2.59. The number of nitrogens with two attached hydrogens (primary N) is 6. The van der Waals surface area contributed by atoms with Crippen LogP contribution in [0.4, 0.5) is 34.1 Å². The van der Waals surface area contributed by atoms with E-state index in [0.29, 0.717) is 33.5 Å². The van der Waals surface area contributed by atoms with Gasteiger partial charge in [0.15, 0.2) is 3.35 Å². The van der Waals surface area contributed by atoms with Crippen molar-refractivity contribution >= 4 is 82.8 Å². The molecule has 0 radical (unpaired) electrons. The molecule has 2 atom stereocenters. The fourth-order valence-corrected chi connectivity index (χ4v) is 3.15. The molecule has 3 rings (SSSR count). The second-order valence-corrected chi connectivity index (χ2v) is 8.83. The van der Waals surface area contributed by atoms with Crippen molar-refractivity contribution in [2.75, 3.05) is 34.4 Å². The number of alkyl halides is 1.